The molecule has 0 amide bonds. The third-order valence-electron chi connectivity index (χ3n) is 2.71. The molecule has 0 heterocycles. The van der Waals surface area contributed by atoms with Gasteiger partial charge in [-0.2, -0.15) is 0 Å². The highest BCUT2D eigenvalue weighted by Gasteiger charge is 2.30. The molecular weight excluding hydrogens is 198 g/mol. The summed E-state index contributed by atoms with van der Waals surface area (Å²) in [5, 5.41) is 9.11. The summed E-state index contributed by atoms with van der Waals surface area (Å²) < 4.78 is 0. The van der Waals surface area contributed by atoms with Crippen molar-refractivity contribution in [1.29, 1.82) is 0 Å². The number of aliphatic hydroxyl groups is 1. The van der Waals surface area contributed by atoms with E-state index in [0.29, 0.717) is 5.92 Å². The Bertz CT molecular complexity index is 299. The molecule has 1 aromatic rings. The van der Waals surface area contributed by atoms with Crippen molar-refractivity contribution in [3.63, 3.8) is 0 Å². The van der Waals surface area contributed by atoms with Crippen LogP contribution in [-0.2, 0) is 6.61 Å². The monoisotopic (exact) mass is 213 g/mol. The number of halogens is 1. The first-order chi connectivity index (χ1) is 6.33. The highest BCUT2D eigenvalue weighted by molar-refractivity contribution is 5.85. The number of aliphatic hydroxyl groups excluding tert-OH is 1. The van der Waals surface area contributed by atoms with Crippen LogP contribution >= 0.6 is 12.4 Å². The van der Waals surface area contributed by atoms with Gasteiger partial charge in [0.05, 0.1) is 6.61 Å². The minimum absolute atomic E-state index is 0. The molecule has 1 aliphatic carbocycles. The van der Waals surface area contributed by atoms with E-state index in [0.717, 1.165) is 11.1 Å². The maximum Gasteiger partial charge on any atom is 0.0685 e. The Morgan fingerprint density at radius 1 is 1.36 bits per heavy atom. The van der Waals surface area contributed by atoms with Crippen LogP contribution in [0.25, 0.3) is 0 Å². The van der Waals surface area contributed by atoms with Gasteiger partial charge in [0.25, 0.3) is 0 Å². The molecule has 3 N–H and O–H groups in total. The van der Waals surface area contributed by atoms with Crippen LogP contribution in [-0.4, -0.2) is 5.11 Å². The van der Waals surface area contributed by atoms with E-state index in [1.165, 1.54) is 12.8 Å². The molecule has 2 nitrogen and oxygen atoms in total. The van der Waals surface area contributed by atoms with Crippen LogP contribution in [0.3, 0.4) is 0 Å². The van der Waals surface area contributed by atoms with Crippen molar-refractivity contribution in [2.24, 2.45) is 11.7 Å². The van der Waals surface area contributed by atoms with E-state index in [-0.39, 0.29) is 25.1 Å². The second kappa shape index (κ2) is 4.78. The highest BCUT2D eigenvalue weighted by atomic mass is 35.5. The zero-order valence-electron chi connectivity index (χ0n) is 8.02. The standard InChI is InChI=1S/C11H15NO.ClH/c12-11(8-5-6-8)10-4-2-1-3-9(10)7-13;/h1-4,8,11,13H,5-7,12H2;1H/t11-;/m1./s1. The molecule has 1 fully saturated rings. The Balaban J connectivity index is 0.000000980. The van der Waals surface area contributed by atoms with Crippen LogP contribution in [0.1, 0.15) is 30.0 Å². The van der Waals surface area contributed by atoms with Crippen molar-refractivity contribution >= 4 is 12.4 Å². The van der Waals surface area contributed by atoms with E-state index < -0.39 is 0 Å². The molecule has 1 saturated carbocycles. The average molecular weight is 214 g/mol. The average Bonchev–Trinajstić information content (AvgIpc) is 3.00. The van der Waals surface area contributed by atoms with Gasteiger partial charge in [0.15, 0.2) is 0 Å². The first-order valence-electron chi connectivity index (χ1n) is 4.77. The van der Waals surface area contributed by atoms with Gasteiger partial charge in [0.2, 0.25) is 0 Å². The number of hydrogen-bond acceptors (Lipinski definition) is 2. The van der Waals surface area contributed by atoms with E-state index in [9.17, 15) is 0 Å². The smallest absolute Gasteiger partial charge is 0.0685 e. The van der Waals surface area contributed by atoms with E-state index >= 15 is 0 Å². The Morgan fingerprint density at radius 2 is 2.00 bits per heavy atom. The van der Waals surface area contributed by atoms with Crippen molar-refractivity contribution in [3.05, 3.63) is 35.4 Å². The minimum Gasteiger partial charge on any atom is -0.392 e. The van der Waals surface area contributed by atoms with Gasteiger partial charge in [-0.15, -0.1) is 12.4 Å². The lowest BCUT2D eigenvalue weighted by Crippen LogP contribution is -2.14. The van der Waals surface area contributed by atoms with Crippen LogP contribution in [0.15, 0.2) is 24.3 Å². The molecule has 78 valence electrons. The molecule has 2 rings (SSSR count). The Kier molecular flexibility index (Phi) is 3.93. The Labute approximate surface area is 90.5 Å². The summed E-state index contributed by atoms with van der Waals surface area (Å²) in [6, 6.07) is 8.01. The molecule has 0 bridgehead atoms. The first kappa shape index (κ1) is 11.5. The Morgan fingerprint density at radius 3 is 2.57 bits per heavy atom. The molecule has 14 heavy (non-hydrogen) atoms. The van der Waals surface area contributed by atoms with Gasteiger partial charge in [-0.1, -0.05) is 24.3 Å². The van der Waals surface area contributed by atoms with Gasteiger partial charge in [0, 0.05) is 6.04 Å². The summed E-state index contributed by atoms with van der Waals surface area (Å²) >= 11 is 0. The summed E-state index contributed by atoms with van der Waals surface area (Å²) in [6.07, 6.45) is 2.47. The molecule has 1 atom stereocenters. The van der Waals surface area contributed by atoms with Crippen molar-refractivity contribution in [1.82, 2.24) is 0 Å². The normalized spacial score (nSPS) is 17.3. The Hall–Kier alpha value is -0.570. The molecule has 0 unspecified atom stereocenters. The van der Waals surface area contributed by atoms with Gasteiger partial charge in [-0.05, 0) is 29.9 Å². The maximum atomic E-state index is 9.11. The van der Waals surface area contributed by atoms with Crippen LogP contribution < -0.4 is 5.73 Å². The second-order valence-electron chi connectivity index (χ2n) is 3.72. The van der Waals surface area contributed by atoms with Crippen molar-refractivity contribution in [2.45, 2.75) is 25.5 Å². The first-order valence-corrected chi connectivity index (χ1v) is 4.77. The highest BCUT2D eigenvalue weighted by Crippen LogP contribution is 2.40. The largest absolute Gasteiger partial charge is 0.392 e. The second-order valence-corrected chi connectivity index (χ2v) is 3.72. The fourth-order valence-electron chi connectivity index (χ4n) is 1.71. The van der Waals surface area contributed by atoms with Gasteiger partial charge in [-0.25, -0.2) is 0 Å². The van der Waals surface area contributed by atoms with Gasteiger partial charge >= 0.3 is 0 Å². The molecule has 0 saturated heterocycles. The number of nitrogens with two attached hydrogens (primary N) is 1. The predicted molar refractivity (Wildman–Crippen MR) is 59.3 cm³/mol. The van der Waals surface area contributed by atoms with E-state index in [1.807, 2.05) is 24.3 Å². The lowest BCUT2D eigenvalue weighted by atomic mass is 9.98. The van der Waals surface area contributed by atoms with Crippen molar-refractivity contribution in [2.75, 3.05) is 0 Å². The molecular formula is C11H16ClNO. The summed E-state index contributed by atoms with van der Waals surface area (Å²) in [5.41, 5.74) is 8.16. The van der Waals surface area contributed by atoms with Crippen LogP contribution in [0.2, 0.25) is 0 Å². The van der Waals surface area contributed by atoms with Crippen LogP contribution in [0.5, 0.6) is 0 Å². The summed E-state index contributed by atoms with van der Waals surface area (Å²) in [6.45, 7) is 0.0938. The molecule has 0 radical (unpaired) electrons. The van der Waals surface area contributed by atoms with E-state index in [2.05, 4.69) is 0 Å². The molecule has 0 aromatic heterocycles. The third kappa shape index (κ3) is 2.27. The van der Waals surface area contributed by atoms with Crippen molar-refractivity contribution in [3.8, 4) is 0 Å². The summed E-state index contributed by atoms with van der Waals surface area (Å²) in [4.78, 5) is 0. The zero-order chi connectivity index (χ0) is 9.26. The quantitative estimate of drug-likeness (QED) is 0.807. The van der Waals surface area contributed by atoms with Gasteiger partial charge in [-0.3, -0.25) is 0 Å². The van der Waals surface area contributed by atoms with E-state index in [4.69, 9.17) is 10.8 Å². The molecule has 0 spiro atoms. The maximum absolute atomic E-state index is 9.11. The summed E-state index contributed by atoms with van der Waals surface area (Å²) in [7, 11) is 0. The lowest BCUT2D eigenvalue weighted by molar-refractivity contribution is 0.279. The van der Waals surface area contributed by atoms with Gasteiger partial charge < -0.3 is 10.8 Å². The third-order valence-corrected chi connectivity index (χ3v) is 2.71. The number of hydrogen-bond donors (Lipinski definition) is 2. The lowest BCUT2D eigenvalue weighted by Gasteiger charge is -2.14. The number of benzene rings is 1. The number of rotatable bonds is 3. The topological polar surface area (TPSA) is 46.2 Å². The van der Waals surface area contributed by atoms with Crippen LogP contribution in [0.4, 0.5) is 0 Å². The predicted octanol–water partition coefficient (Wildman–Crippen LogP) is 2.01. The van der Waals surface area contributed by atoms with Crippen molar-refractivity contribution < 1.29 is 5.11 Å². The molecule has 0 aliphatic heterocycles. The molecule has 3 heteroatoms. The minimum atomic E-state index is 0. The fraction of sp³-hybridized carbons (Fsp3) is 0.455. The SMILES string of the molecule is Cl.N[C@@H](c1ccccc1CO)C1CC1. The van der Waals surface area contributed by atoms with Gasteiger partial charge in [0.1, 0.15) is 0 Å². The molecule has 1 aliphatic rings. The summed E-state index contributed by atoms with van der Waals surface area (Å²) in [5.74, 6) is 0.646. The molecule has 1 aromatic carbocycles. The van der Waals surface area contributed by atoms with Crippen LogP contribution in [0, 0.1) is 5.92 Å². The zero-order valence-corrected chi connectivity index (χ0v) is 8.83. The van der Waals surface area contributed by atoms with E-state index in [1.54, 1.807) is 0 Å². The fourth-order valence-corrected chi connectivity index (χ4v) is 1.71.